The lowest BCUT2D eigenvalue weighted by atomic mass is 9.92. The van der Waals surface area contributed by atoms with E-state index in [0.717, 1.165) is 5.56 Å². The summed E-state index contributed by atoms with van der Waals surface area (Å²) in [6.45, 7) is 1.96. The molecule has 0 aliphatic carbocycles. The molecule has 0 saturated carbocycles. The van der Waals surface area contributed by atoms with E-state index in [1.54, 1.807) is 23.1 Å². The molecule has 0 bridgehead atoms. The van der Waals surface area contributed by atoms with Crippen LogP contribution in [0, 0.1) is 0 Å². The predicted molar refractivity (Wildman–Crippen MR) is 115 cm³/mol. The molecule has 2 aliphatic rings. The highest BCUT2D eigenvalue weighted by molar-refractivity contribution is 6.01. The highest BCUT2D eigenvalue weighted by Gasteiger charge is 2.33. The van der Waals surface area contributed by atoms with Crippen molar-refractivity contribution in [2.45, 2.75) is 13.3 Å². The van der Waals surface area contributed by atoms with Gasteiger partial charge in [0.05, 0.1) is 27.0 Å². The van der Waals surface area contributed by atoms with Crippen molar-refractivity contribution < 1.29 is 38.4 Å². The number of carbonyl (C=O) groups excluding carboxylic acids is 1. The first-order chi connectivity index (χ1) is 15.4. The molecule has 0 saturated heterocycles. The van der Waals surface area contributed by atoms with Gasteiger partial charge in [0, 0.05) is 19.0 Å². The van der Waals surface area contributed by atoms with Crippen molar-refractivity contribution in [3.8, 4) is 28.7 Å². The van der Waals surface area contributed by atoms with Crippen LogP contribution in [0.15, 0.2) is 18.2 Å². The Balaban J connectivity index is 2.01. The van der Waals surface area contributed by atoms with Gasteiger partial charge in [-0.3, -0.25) is 4.79 Å². The van der Waals surface area contributed by atoms with E-state index in [9.17, 15) is 14.7 Å². The van der Waals surface area contributed by atoms with Gasteiger partial charge in [0.15, 0.2) is 23.0 Å². The van der Waals surface area contributed by atoms with Crippen LogP contribution in [0.5, 0.6) is 28.7 Å². The summed E-state index contributed by atoms with van der Waals surface area (Å²) < 4.78 is 27.4. The minimum absolute atomic E-state index is 0.0723. The molecule has 2 aromatic rings. The summed E-state index contributed by atoms with van der Waals surface area (Å²) in [6.07, 6.45) is 2.23. The molecule has 0 fully saturated rings. The van der Waals surface area contributed by atoms with Gasteiger partial charge in [0.25, 0.3) is 0 Å². The third-order valence-electron chi connectivity index (χ3n) is 5.52. The number of amides is 1. The molecule has 2 aromatic carbocycles. The fraction of sp³-hybridized carbons (Fsp3) is 0.304. The number of nitrogens with zero attached hydrogens (tertiary/aromatic N) is 1. The van der Waals surface area contributed by atoms with Crippen LogP contribution in [0.2, 0.25) is 0 Å². The summed E-state index contributed by atoms with van der Waals surface area (Å²) in [4.78, 5) is 26.2. The largest absolute Gasteiger partial charge is 0.493 e. The zero-order valence-corrected chi connectivity index (χ0v) is 18.2. The maximum absolute atomic E-state index is 12.5. The van der Waals surface area contributed by atoms with Crippen LogP contribution in [0.3, 0.4) is 0 Å². The lowest BCUT2D eigenvalue weighted by Crippen LogP contribution is -2.33. The van der Waals surface area contributed by atoms with Gasteiger partial charge in [-0.1, -0.05) is 6.07 Å². The van der Waals surface area contributed by atoms with Gasteiger partial charge in [-0.05, 0) is 35.8 Å². The fourth-order valence-electron chi connectivity index (χ4n) is 4.13. The Morgan fingerprint density at radius 2 is 1.84 bits per heavy atom. The monoisotopic (exact) mass is 441 g/mol. The number of carbonyl (C=O) groups is 2. The second-order valence-corrected chi connectivity index (χ2v) is 7.20. The van der Waals surface area contributed by atoms with E-state index < -0.39 is 5.97 Å². The van der Waals surface area contributed by atoms with Gasteiger partial charge in [0.2, 0.25) is 18.4 Å². The van der Waals surface area contributed by atoms with Gasteiger partial charge < -0.3 is 33.7 Å². The van der Waals surface area contributed by atoms with E-state index in [4.69, 9.17) is 23.7 Å². The number of carboxylic acids is 1. The number of ether oxygens (including phenoxy) is 5. The maximum Gasteiger partial charge on any atom is 0.340 e. The summed E-state index contributed by atoms with van der Waals surface area (Å²) in [5.41, 5.74) is 2.35. The Kier molecular flexibility index (Phi) is 5.56. The summed E-state index contributed by atoms with van der Waals surface area (Å²) in [5.74, 6) is 0.485. The van der Waals surface area contributed by atoms with Gasteiger partial charge >= 0.3 is 5.97 Å². The van der Waals surface area contributed by atoms with Crippen LogP contribution in [0.1, 0.15) is 34.0 Å². The van der Waals surface area contributed by atoms with Crippen molar-refractivity contribution >= 4 is 23.6 Å². The number of fused-ring (bicyclic) bond motifs is 2. The third-order valence-corrected chi connectivity index (χ3v) is 5.52. The Morgan fingerprint density at radius 3 is 2.47 bits per heavy atom. The van der Waals surface area contributed by atoms with Crippen molar-refractivity contribution in [3.05, 3.63) is 40.5 Å². The number of rotatable bonds is 5. The number of aromatic carboxylic acids is 1. The van der Waals surface area contributed by atoms with E-state index >= 15 is 0 Å². The average Bonchev–Trinajstić information content (AvgIpc) is 3.24. The first kappa shape index (κ1) is 21.4. The van der Waals surface area contributed by atoms with E-state index in [1.807, 2.05) is 6.07 Å². The Hall–Kier alpha value is -3.88. The Labute approximate surface area is 184 Å². The molecule has 0 unspecified atom stereocenters. The van der Waals surface area contributed by atoms with Crippen LogP contribution in [0.25, 0.3) is 11.8 Å². The number of benzene rings is 2. The first-order valence-electron chi connectivity index (χ1n) is 9.89. The average molecular weight is 441 g/mol. The van der Waals surface area contributed by atoms with Crippen molar-refractivity contribution in [3.63, 3.8) is 0 Å². The SMILES string of the molecule is COc1ccc(/C=C2/c3c(cc4c(c3OC)OCO4)CCN2C(C)=O)c(C(=O)O)c1OC. The minimum atomic E-state index is -1.18. The maximum atomic E-state index is 12.5. The van der Waals surface area contributed by atoms with Gasteiger partial charge in [-0.15, -0.1) is 0 Å². The molecule has 0 aromatic heterocycles. The topological polar surface area (TPSA) is 104 Å². The van der Waals surface area contributed by atoms with Gasteiger partial charge in [0.1, 0.15) is 5.56 Å². The van der Waals surface area contributed by atoms with E-state index in [1.165, 1.54) is 28.3 Å². The van der Waals surface area contributed by atoms with Crippen molar-refractivity contribution in [1.82, 2.24) is 4.90 Å². The van der Waals surface area contributed by atoms with Crippen LogP contribution < -0.4 is 23.7 Å². The number of hydrogen-bond donors (Lipinski definition) is 1. The highest BCUT2D eigenvalue weighted by atomic mass is 16.7. The van der Waals surface area contributed by atoms with E-state index in [0.29, 0.717) is 52.8 Å². The summed E-state index contributed by atoms with van der Waals surface area (Å²) >= 11 is 0. The molecule has 168 valence electrons. The number of hydrogen-bond acceptors (Lipinski definition) is 7. The molecule has 9 nitrogen and oxygen atoms in total. The lowest BCUT2D eigenvalue weighted by molar-refractivity contribution is -0.125. The molecule has 0 radical (unpaired) electrons. The first-order valence-corrected chi connectivity index (χ1v) is 9.89. The normalized spacial score (nSPS) is 15.4. The van der Waals surface area contributed by atoms with Gasteiger partial charge in [-0.2, -0.15) is 0 Å². The minimum Gasteiger partial charge on any atom is -0.493 e. The molecule has 0 atom stereocenters. The third kappa shape index (κ3) is 3.35. The molecule has 0 spiro atoms. The second kappa shape index (κ2) is 8.33. The summed E-state index contributed by atoms with van der Waals surface area (Å²) in [6, 6.07) is 5.11. The molecule has 32 heavy (non-hydrogen) atoms. The molecular weight excluding hydrogens is 418 g/mol. The molecule has 4 rings (SSSR count). The number of methoxy groups -OCH3 is 3. The zero-order valence-electron chi connectivity index (χ0n) is 18.2. The quantitative estimate of drug-likeness (QED) is 0.755. The molecule has 1 N–H and O–H groups in total. The van der Waals surface area contributed by atoms with Crippen molar-refractivity contribution in [2.24, 2.45) is 0 Å². The van der Waals surface area contributed by atoms with Crippen molar-refractivity contribution in [1.29, 1.82) is 0 Å². The standard InChI is InChI=1S/C23H23NO8/c1-12(25)24-8-7-14-10-17-21(32-11-31-17)22(30-4)18(14)15(24)9-13-5-6-16(28-2)20(29-3)19(13)23(26)27/h5-6,9-10H,7-8,11H2,1-4H3,(H,26,27)/b15-9-. The van der Waals surface area contributed by atoms with Crippen LogP contribution >= 0.6 is 0 Å². The lowest BCUT2D eigenvalue weighted by Gasteiger charge is -2.32. The van der Waals surface area contributed by atoms with Crippen molar-refractivity contribution in [2.75, 3.05) is 34.7 Å². The predicted octanol–water partition coefficient (Wildman–Crippen LogP) is 3.04. The van der Waals surface area contributed by atoms with Gasteiger partial charge in [-0.25, -0.2) is 4.79 Å². The highest BCUT2D eigenvalue weighted by Crippen LogP contribution is 2.50. The summed E-state index contributed by atoms with van der Waals surface area (Å²) in [7, 11) is 4.33. The van der Waals surface area contributed by atoms with Crippen LogP contribution in [-0.2, 0) is 11.2 Å². The molecule has 2 heterocycles. The van der Waals surface area contributed by atoms with Crippen LogP contribution in [-0.4, -0.2) is 56.6 Å². The fourth-order valence-corrected chi connectivity index (χ4v) is 4.13. The molecular formula is C23H23NO8. The molecule has 1 amide bonds. The number of carboxylic acid groups (broad SMARTS) is 1. The van der Waals surface area contributed by atoms with E-state index in [2.05, 4.69) is 0 Å². The van der Waals surface area contributed by atoms with E-state index in [-0.39, 0.29) is 24.0 Å². The van der Waals surface area contributed by atoms with Crippen LogP contribution in [0.4, 0.5) is 0 Å². The Bertz CT molecular complexity index is 1140. The summed E-state index contributed by atoms with van der Waals surface area (Å²) in [5, 5.41) is 9.92. The second-order valence-electron chi connectivity index (χ2n) is 7.20. The molecule has 2 aliphatic heterocycles. The molecule has 9 heteroatoms. The Morgan fingerprint density at radius 1 is 1.09 bits per heavy atom. The smallest absolute Gasteiger partial charge is 0.340 e. The zero-order chi connectivity index (χ0) is 23.0.